The van der Waals surface area contributed by atoms with E-state index in [9.17, 15) is 4.79 Å². The minimum atomic E-state index is -0.288. The molecule has 0 spiro atoms. The molecular formula is C15H14BrClN2O2. The van der Waals surface area contributed by atoms with Gasteiger partial charge in [0.15, 0.2) is 6.73 Å². The number of halogens is 2. The second kappa shape index (κ2) is 7.90. The van der Waals surface area contributed by atoms with Gasteiger partial charge in [0, 0.05) is 16.0 Å². The van der Waals surface area contributed by atoms with Gasteiger partial charge < -0.3 is 15.4 Å². The summed E-state index contributed by atoms with van der Waals surface area (Å²) in [6.07, 6.45) is 0. The zero-order chi connectivity index (χ0) is 15.1. The third-order valence-electron chi connectivity index (χ3n) is 2.63. The molecular weight excluding hydrogens is 356 g/mol. The summed E-state index contributed by atoms with van der Waals surface area (Å²) >= 11 is 9.15. The highest BCUT2D eigenvalue weighted by Crippen LogP contribution is 2.15. The summed E-state index contributed by atoms with van der Waals surface area (Å²) in [5.74, 6) is 0.645. The van der Waals surface area contributed by atoms with Crippen LogP contribution in [0.1, 0.15) is 5.56 Å². The van der Waals surface area contributed by atoms with Crippen molar-refractivity contribution in [2.45, 2.75) is 6.54 Å². The van der Waals surface area contributed by atoms with E-state index in [1.807, 2.05) is 24.3 Å². The van der Waals surface area contributed by atoms with Gasteiger partial charge in [-0.3, -0.25) is 0 Å². The van der Waals surface area contributed by atoms with Crippen LogP contribution in [0.15, 0.2) is 53.0 Å². The summed E-state index contributed by atoms with van der Waals surface area (Å²) < 4.78 is 6.34. The highest BCUT2D eigenvalue weighted by atomic mass is 79.9. The lowest BCUT2D eigenvalue weighted by Gasteiger charge is -2.09. The molecule has 2 aromatic carbocycles. The Morgan fingerprint density at radius 2 is 1.90 bits per heavy atom. The quantitative estimate of drug-likeness (QED) is 0.784. The Bertz CT molecular complexity index is 605. The van der Waals surface area contributed by atoms with Crippen molar-refractivity contribution in [3.63, 3.8) is 0 Å². The van der Waals surface area contributed by atoms with Crippen molar-refractivity contribution in [2.75, 3.05) is 6.73 Å². The molecule has 2 aromatic rings. The van der Waals surface area contributed by atoms with Gasteiger partial charge in [-0.25, -0.2) is 4.79 Å². The molecule has 110 valence electrons. The number of benzene rings is 2. The van der Waals surface area contributed by atoms with Crippen molar-refractivity contribution in [2.24, 2.45) is 0 Å². The molecule has 0 atom stereocenters. The molecule has 0 aliphatic rings. The summed E-state index contributed by atoms with van der Waals surface area (Å²) in [6, 6.07) is 14.4. The Morgan fingerprint density at radius 3 is 2.62 bits per heavy atom. The molecule has 0 fully saturated rings. The van der Waals surface area contributed by atoms with Gasteiger partial charge in [-0.2, -0.15) is 0 Å². The normalized spacial score (nSPS) is 10.0. The molecule has 0 aliphatic carbocycles. The van der Waals surface area contributed by atoms with Gasteiger partial charge in [0.1, 0.15) is 5.75 Å². The molecule has 4 nitrogen and oxygen atoms in total. The first-order chi connectivity index (χ1) is 10.1. The van der Waals surface area contributed by atoms with Crippen molar-refractivity contribution >= 4 is 33.6 Å². The zero-order valence-electron chi connectivity index (χ0n) is 11.1. The molecule has 6 heteroatoms. The molecule has 0 heterocycles. The van der Waals surface area contributed by atoms with E-state index < -0.39 is 0 Å². The van der Waals surface area contributed by atoms with Gasteiger partial charge in [0.25, 0.3) is 0 Å². The maximum Gasteiger partial charge on any atom is 0.317 e. The SMILES string of the molecule is O=C(NCOc1ccc(Cl)cc1)NCc1cccc(Br)c1. The second-order valence-electron chi connectivity index (χ2n) is 4.23. The van der Waals surface area contributed by atoms with Crippen molar-refractivity contribution in [1.82, 2.24) is 10.6 Å². The monoisotopic (exact) mass is 368 g/mol. The largest absolute Gasteiger partial charge is 0.473 e. The number of hydrogen-bond donors (Lipinski definition) is 2. The number of amides is 2. The summed E-state index contributed by atoms with van der Waals surface area (Å²) in [5.41, 5.74) is 1.01. The highest BCUT2D eigenvalue weighted by molar-refractivity contribution is 9.10. The predicted octanol–water partition coefficient (Wildman–Crippen LogP) is 3.94. The number of carbonyl (C=O) groups excluding carboxylic acids is 1. The number of ether oxygens (including phenoxy) is 1. The number of nitrogens with one attached hydrogen (secondary N) is 2. The first-order valence-corrected chi connectivity index (χ1v) is 7.45. The van der Waals surface area contributed by atoms with Crippen molar-refractivity contribution in [3.05, 3.63) is 63.6 Å². The van der Waals surface area contributed by atoms with Gasteiger partial charge in [0.2, 0.25) is 0 Å². The van der Waals surface area contributed by atoms with Crippen molar-refractivity contribution < 1.29 is 9.53 Å². The lowest BCUT2D eigenvalue weighted by atomic mass is 10.2. The Kier molecular flexibility index (Phi) is 5.90. The highest BCUT2D eigenvalue weighted by Gasteiger charge is 2.01. The van der Waals surface area contributed by atoms with Crippen LogP contribution in [-0.4, -0.2) is 12.8 Å². The Morgan fingerprint density at radius 1 is 1.14 bits per heavy atom. The maximum absolute atomic E-state index is 11.6. The number of rotatable bonds is 5. The summed E-state index contributed by atoms with van der Waals surface area (Å²) in [4.78, 5) is 11.6. The fourth-order valence-corrected chi connectivity index (χ4v) is 2.18. The molecule has 0 saturated carbocycles. The minimum absolute atomic E-state index is 0.0892. The van der Waals surface area contributed by atoms with Crippen molar-refractivity contribution in [1.29, 1.82) is 0 Å². The number of hydrogen-bond acceptors (Lipinski definition) is 2. The average molecular weight is 370 g/mol. The van der Waals surface area contributed by atoms with Crippen LogP contribution in [0.25, 0.3) is 0 Å². The van der Waals surface area contributed by atoms with E-state index in [1.165, 1.54) is 0 Å². The fraction of sp³-hybridized carbons (Fsp3) is 0.133. The van der Waals surface area contributed by atoms with E-state index in [2.05, 4.69) is 26.6 Å². The Balaban J connectivity index is 1.69. The van der Waals surface area contributed by atoms with Crippen molar-refractivity contribution in [3.8, 4) is 5.75 Å². The van der Waals surface area contributed by atoms with Gasteiger partial charge >= 0.3 is 6.03 Å². The van der Waals surface area contributed by atoms with Crippen LogP contribution < -0.4 is 15.4 Å². The van der Waals surface area contributed by atoms with Crippen LogP contribution >= 0.6 is 27.5 Å². The Hall–Kier alpha value is -1.72. The van der Waals surface area contributed by atoms with Crippen LogP contribution in [0.5, 0.6) is 5.75 Å². The van der Waals surface area contributed by atoms with E-state index in [1.54, 1.807) is 24.3 Å². The average Bonchev–Trinajstić information content (AvgIpc) is 2.47. The second-order valence-corrected chi connectivity index (χ2v) is 5.58. The number of urea groups is 1. The van der Waals surface area contributed by atoms with E-state index in [0.29, 0.717) is 17.3 Å². The molecule has 2 amide bonds. The predicted molar refractivity (Wildman–Crippen MR) is 86.5 cm³/mol. The third kappa shape index (κ3) is 5.65. The summed E-state index contributed by atoms with van der Waals surface area (Å²) in [5, 5.41) is 6.00. The topological polar surface area (TPSA) is 50.4 Å². The molecule has 0 aliphatic heterocycles. The third-order valence-corrected chi connectivity index (χ3v) is 3.37. The molecule has 0 saturated heterocycles. The van der Waals surface area contributed by atoms with Crippen LogP contribution in [0.2, 0.25) is 5.02 Å². The lowest BCUT2D eigenvalue weighted by molar-refractivity contribution is 0.223. The molecule has 2 rings (SSSR count). The van der Waals surface area contributed by atoms with Crippen LogP contribution in [0.3, 0.4) is 0 Å². The fourth-order valence-electron chi connectivity index (χ4n) is 1.61. The standard InChI is InChI=1S/C15H14BrClN2O2/c16-12-3-1-2-11(8-12)9-18-15(20)19-10-21-14-6-4-13(17)5-7-14/h1-8H,9-10H2,(H2,18,19,20). The first-order valence-electron chi connectivity index (χ1n) is 6.28. The zero-order valence-corrected chi connectivity index (χ0v) is 13.4. The molecule has 2 N–H and O–H groups in total. The molecule has 0 unspecified atom stereocenters. The van der Waals surface area contributed by atoms with E-state index in [0.717, 1.165) is 10.0 Å². The van der Waals surface area contributed by atoms with Gasteiger partial charge in [-0.1, -0.05) is 39.7 Å². The summed E-state index contributed by atoms with van der Waals surface area (Å²) in [6.45, 7) is 0.540. The maximum atomic E-state index is 11.6. The molecule has 0 radical (unpaired) electrons. The van der Waals surface area contributed by atoms with Gasteiger partial charge in [-0.05, 0) is 42.0 Å². The van der Waals surface area contributed by atoms with Gasteiger partial charge in [-0.15, -0.1) is 0 Å². The molecule has 0 bridgehead atoms. The lowest BCUT2D eigenvalue weighted by Crippen LogP contribution is -2.37. The van der Waals surface area contributed by atoms with E-state index >= 15 is 0 Å². The van der Waals surface area contributed by atoms with Crippen LogP contribution in [0, 0.1) is 0 Å². The minimum Gasteiger partial charge on any atom is -0.473 e. The number of carbonyl (C=O) groups is 1. The smallest absolute Gasteiger partial charge is 0.317 e. The first kappa shape index (κ1) is 15.7. The van der Waals surface area contributed by atoms with Crippen LogP contribution in [0.4, 0.5) is 4.79 Å². The molecule has 21 heavy (non-hydrogen) atoms. The van der Waals surface area contributed by atoms with Crippen LogP contribution in [-0.2, 0) is 6.54 Å². The van der Waals surface area contributed by atoms with E-state index in [4.69, 9.17) is 16.3 Å². The van der Waals surface area contributed by atoms with E-state index in [-0.39, 0.29) is 12.8 Å². The molecule has 0 aromatic heterocycles. The van der Waals surface area contributed by atoms with Gasteiger partial charge in [0.05, 0.1) is 0 Å². The Labute approximate surface area is 136 Å². The summed E-state index contributed by atoms with van der Waals surface area (Å²) in [7, 11) is 0.